The number of nitro groups is 1. The maximum absolute atomic E-state index is 12.9. The fourth-order valence-electron chi connectivity index (χ4n) is 5.94. The molecule has 0 saturated carbocycles. The van der Waals surface area contributed by atoms with E-state index < -0.39 is 16.6 Å². The predicted molar refractivity (Wildman–Crippen MR) is 105 cm³/mol. The van der Waals surface area contributed by atoms with Crippen molar-refractivity contribution in [3.63, 3.8) is 0 Å². The molecule has 3 aliphatic heterocycles. The third-order valence-corrected chi connectivity index (χ3v) is 7.21. The van der Waals surface area contributed by atoms with Crippen LogP contribution in [0.5, 0.6) is 0 Å². The van der Waals surface area contributed by atoms with Crippen LogP contribution in [0.2, 0.25) is 0 Å². The van der Waals surface area contributed by atoms with Gasteiger partial charge in [-0.1, -0.05) is 20.8 Å². The smallest absolute Gasteiger partial charge is 0.408 e. The number of aromatic nitrogens is 1. The van der Waals surface area contributed by atoms with Crippen LogP contribution in [0.1, 0.15) is 52.9 Å². The molecule has 2 bridgehead atoms. The number of carbonyl (C=O) groups is 2. The average Bonchev–Trinajstić information content (AvgIpc) is 3.07. The highest BCUT2D eigenvalue weighted by Crippen LogP contribution is 2.61. The third kappa shape index (κ3) is 2.86. The zero-order chi connectivity index (χ0) is 21.2. The van der Waals surface area contributed by atoms with Gasteiger partial charge in [-0.05, 0) is 47.1 Å². The van der Waals surface area contributed by atoms with Gasteiger partial charge >= 0.3 is 11.9 Å². The third-order valence-electron chi connectivity index (χ3n) is 7.21. The Balaban J connectivity index is 1.65. The molecule has 156 valence electrons. The van der Waals surface area contributed by atoms with Crippen LogP contribution in [0, 0.1) is 20.9 Å². The molecular weight excluding hydrogens is 376 g/mol. The van der Waals surface area contributed by atoms with E-state index in [1.54, 1.807) is 15.9 Å². The quantitative estimate of drug-likeness (QED) is 0.598. The Kier molecular flexibility index (Phi) is 4.15. The van der Waals surface area contributed by atoms with Crippen LogP contribution < -0.4 is 4.90 Å². The van der Waals surface area contributed by atoms with Crippen LogP contribution in [0.25, 0.3) is 0 Å². The van der Waals surface area contributed by atoms with Crippen molar-refractivity contribution in [2.24, 2.45) is 10.8 Å². The summed E-state index contributed by atoms with van der Waals surface area (Å²) < 4.78 is 0. The van der Waals surface area contributed by atoms with Crippen molar-refractivity contribution in [3.8, 4) is 0 Å². The minimum absolute atomic E-state index is 0.0344. The van der Waals surface area contributed by atoms with E-state index in [1.165, 1.54) is 12.3 Å². The van der Waals surface area contributed by atoms with Crippen LogP contribution in [0.15, 0.2) is 18.3 Å². The van der Waals surface area contributed by atoms with Crippen molar-refractivity contribution in [2.45, 2.75) is 64.5 Å². The number of rotatable bonds is 2. The van der Waals surface area contributed by atoms with Crippen molar-refractivity contribution < 1.29 is 19.6 Å². The lowest BCUT2D eigenvalue weighted by atomic mass is 9.61. The summed E-state index contributed by atoms with van der Waals surface area (Å²) in [6, 6.07) is 2.78. The summed E-state index contributed by atoms with van der Waals surface area (Å²) in [6.45, 7) is 6.74. The van der Waals surface area contributed by atoms with Gasteiger partial charge in [0.15, 0.2) is 6.20 Å². The zero-order valence-corrected chi connectivity index (χ0v) is 16.9. The molecule has 9 nitrogen and oxygen atoms in total. The maximum Gasteiger partial charge on any atom is 0.408 e. The van der Waals surface area contributed by atoms with Gasteiger partial charge < -0.3 is 20.1 Å². The molecule has 3 saturated heterocycles. The summed E-state index contributed by atoms with van der Waals surface area (Å²) in [4.78, 5) is 42.4. The topological polar surface area (TPSA) is 117 Å². The second-order valence-electron chi connectivity index (χ2n) is 9.80. The van der Waals surface area contributed by atoms with Crippen molar-refractivity contribution in [2.75, 3.05) is 11.4 Å². The van der Waals surface area contributed by atoms with Crippen LogP contribution >= 0.6 is 0 Å². The molecule has 4 rings (SSSR count). The highest BCUT2D eigenvalue weighted by molar-refractivity contribution is 5.96. The standard InChI is InChI=1S/C20H26N4O5/c1-18(2,3)20-7-6-13(23(20)17(26)27)8-19(11-20)9-16(25)22(12-19)14-4-5-15(21-10-14)24(28)29/h4-5,10,13H,6-9,11-12H2,1-3H3,(H,26,27). The Labute approximate surface area is 168 Å². The Bertz CT molecular complexity index is 880. The fourth-order valence-corrected chi connectivity index (χ4v) is 5.94. The lowest BCUT2D eigenvalue weighted by molar-refractivity contribution is -0.389. The molecule has 3 atom stereocenters. The molecule has 3 aliphatic rings. The van der Waals surface area contributed by atoms with E-state index in [9.17, 15) is 24.8 Å². The molecule has 4 heterocycles. The first kappa shape index (κ1) is 19.6. The Morgan fingerprint density at radius 3 is 2.66 bits per heavy atom. The van der Waals surface area contributed by atoms with E-state index in [4.69, 9.17) is 0 Å². The van der Waals surface area contributed by atoms with E-state index >= 15 is 0 Å². The second-order valence-corrected chi connectivity index (χ2v) is 9.80. The van der Waals surface area contributed by atoms with Gasteiger partial charge in [-0.3, -0.25) is 9.69 Å². The Morgan fingerprint density at radius 1 is 1.38 bits per heavy atom. The summed E-state index contributed by atoms with van der Waals surface area (Å²) in [5.41, 5.74) is -0.487. The van der Waals surface area contributed by atoms with E-state index in [0.717, 1.165) is 12.8 Å². The van der Waals surface area contributed by atoms with Crippen LogP contribution in [0.3, 0.4) is 0 Å². The first-order chi connectivity index (χ1) is 13.5. The Hall–Kier alpha value is -2.71. The van der Waals surface area contributed by atoms with Gasteiger partial charge in [0.2, 0.25) is 5.91 Å². The Morgan fingerprint density at radius 2 is 2.10 bits per heavy atom. The number of hydrogen-bond donors (Lipinski definition) is 1. The lowest BCUT2D eigenvalue weighted by Gasteiger charge is -2.56. The van der Waals surface area contributed by atoms with E-state index in [-0.39, 0.29) is 28.6 Å². The fraction of sp³-hybridized carbons (Fsp3) is 0.650. The number of amides is 2. The number of fused-ring (bicyclic) bond motifs is 2. The summed E-state index contributed by atoms with van der Waals surface area (Å²) >= 11 is 0. The first-order valence-corrected chi connectivity index (χ1v) is 9.91. The van der Waals surface area contributed by atoms with Gasteiger partial charge in [0, 0.05) is 30.5 Å². The second kappa shape index (κ2) is 6.14. The molecule has 3 unspecified atom stereocenters. The van der Waals surface area contributed by atoms with Gasteiger partial charge in [-0.2, -0.15) is 0 Å². The zero-order valence-electron chi connectivity index (χ0n) is 16.9. The summed E-state index contributed by atoms with van der Waals surface area (Å²) in [6.07, 6.45) is 3.80. The van der Waals surface area contributed by atoms with E-state index in [2.05, 4.69) is 25.8 Å². The number of hydrogen-bond acceptors (Lipinski definition) is 5. The number of pyridine rings is 1. The van der Waals surface area contributed by atoms with Crippen molar-refractivity contribution in [3.05, 3.63) is 28.4 Å². The number of carbonyl (C=O) groups excluding carboxylic acids is 1. The van der Waals surface area contributed by atoms with Gasteiger partial charge in [-0.15, -0.1) is 0 Å². The predicted octanol–water partition coefficient (Wildman–Crippen LogP) is 3.43. The van der Waals surface area contributed by atoms with Gasteiger partial charge in [0.05, 0.1) is 11.2 Å². The molecule has 0 aromatic carbocycles. The number of nitrogens with zero attached hydrogens (tertiary/aromatic N) is 4. The molecule has 1 aromatic rings. The molecule has 9 heteroatoms. The monoisotopic (exact) mass is 402 g/mol. The molecular formula is C20H26N4O5. The van der Waals surface area contributed by atoms with Gasteiger partial charge in [0.25, 0.3) is 0 Å². The van der Waals surface area contributed by atoms with Crippen LogP contribution in [0.4, 0.5) is 16.3 Å². The molecule has 2 amide bonds. The molecule has 1 aromatic heterocycles. The van der Waals surface area contributed by atoms with E-state index in [1.807, 2.05) is 0 Å². The van der Waals surface area contributed by atoms with Crippen LogP contribution in [-0.4, -0.2) is 50.0 Å². The molecule has 0 radical (unpaired) electrons. The van der Waals surface area contributed by atoms with Gasteiger partial charge in [0.1, 0.15) is 0 Å². The summed E-state index contributed by atoms with van der Waals surface area (Å²) in [5.74, 6) is -0.289. The van der Waals surface area contributed by atoms with Crippen molar-refractivity contribution in [1.82, 2.24) is 9.88 Å². The van der Waals surface area contributed by atoms with E-state index in [0.29, 0.717) is 31.5 Å². The summed E-state index contributed by atoms with van der Waals surface area (Å²) in [7, 11) is 0. The minimum atomic E-state index is -0.877. The minimum Gasteiger partial charge on any atom is -0.465 e. The molecule has 1 N–H and O–H groups in total. The summed E-state index contributed by atoms with van der Waals surface area (Å²) in [5, 5.41) is 20.8. The van der Waals surface area contributed by atoms with Gasteiger partial charge in [-0.25, -0.2) is 4.79 Å². The van der Waals surface area contributed by atoms with Crippen LogP contribution in [-0.2, 0) is 4.79 Å². The van der Waals surface area contributed by atoms with Crippen molar-refractivity contribution in [1.29, 1.82) is 0 Å². The lowest BCUT2D eigenvalue weighted by Crippen LogP contribution is -2.63. The average molecular weight is 402 g/mol. The molecule has 0 aliphatic carbocycles. The highest BCUT2D eigenvalue weighted by atomic mass is 16.6. The largest absolute Gasteiger partial charge is 0.465 e. The SMILES string of the molecule is CC(C)(C)C12CCC(CC3(CC(=O)N(c4ccc([N+](=O)[O-])nc4)C3)C1)N2C(=O)O. The highest BCUT2D eigenvalue weighted by Gasteiger charge is 2.64. The normalized spacial score (nSPS) is 31.6. The maximum atomic E-state index is 12.9. The number of piperidine rings is 1. The number of anilines is 1. The van der Waals surface area contributed by atoms with Crippen molar-refractivity contribution >= 4 is 23.5 Å². The number of carboxylic acid groups (broad SMARTS) is 1. The molecule has 3 fully saturated rings. The first-order valence-electron chi connectivity index (χ1n) is 9.91. The molecule has 29 heavy (non-hydrogen) atoms. The molecule has 1 spiro atoms.